The molecule has 1 fully saturated rings. The van der Waals surface area contributed by atoms with Crippen LogP contribution >= 0.6 is 0 Å². The van der Waals surface area contributed by atoms with Crippen LogP contribution in [0.1, 0.15) is 5.56 Å². The average molecular weight is 302 g/mol. The lowest BCUT2D eigenvalue weighted by Gasteiger charge is -2.15. The lowest BCUT2D eigenvalue weighted by Crippen LogP contribution is -2.51. The molecule has 2 rings (SSSR count). The SMILES string of the molecule is C=CCOc1cc(OC)ccc1C=C1C(=O)NC(=O)NC1=O. The first-order valence-corrected chi connectivity index (χ1v) is 6.35. The zero-order valence-corrected chi connectivity index (χ0v) is 11.8. The Balaban J connectivity index is 2.40. The van der Waals surface area contributed by atoms with E-state index in [9.17, 15) is 14.4 Å². The molecule has 0 radical (unpaired) electrons. The van der Waals surface area contributed by atoms with Gasteiger partial charge >= 0.3 is 6.03 Å². The summed E-state index contributed by atoms with van der Waals surface area (Å²) in [4.78, 5) is 34.5. The van der Waals surface area contributed by atoms with Crippen LogP contribution in [-0.2, 0) is 9.59 Å². The third-order valence-electron chi connectivity index (χ3n) is 2.82. The molecule has 0 bridgehead atoms. The van der Waals surface area contributed by atoms with Crippen LogP contribution in [0.15, 0.2) is 36.4 Å². The minimum absolute atomic E-state index is 0.187. The van der Waals surface area contributed by atoms with Crippen molar-refractivity contribution in [2.24, 2.45) is 0 Å². The molecule has 0 aromatic heterocycles. The number of urea groups is 1. The summed E-state index contributed by atoms with van der Waals surface area (Å²) < 4.78 is 10.6. The van der Waals surface area contributed by atoms with Gasteiger partial charge in [-0.3, -0.25) is 20.2 Å². The fraction of sp³-hybridized carbons (Fsp3) is 0.133. The Morgan fingerprint density at radius 2 is 1.86 bits per heavy atom. The summed E-state index contributed by atoms with van der Waals surface area (Å²) in [6.45, 7) is 3.81. The Morgan fingerprint density at radius 3 is 2.45 bits per heavy atom. The second-order valence-corrected chi connectivity index (χ2v) is 4.30. The van der Waals surface area contributed by atoms with E-state index >= 15 is 0 Å². The minimum Gasteiger partial charge on any atom is -0.497 e. The molecule has 114 valence electrons. The number of rotatable bonds is 5. The van der Waals surface area contributed by atoms with E-state index in [1.807, 2.05) is 10.6 Å². The van der Waals surface area contributed by atoms with Gasteiger partial charge in [-0.25, -0.2) is 4.79 Å². The molecule has 0 unspecified atom stereocenters. The molecule has 4 amide bonds. The van der Waals surface area contributed by atoms with Gasteiger partial charge in [0.15, 0.2) is 0 Å². The predicted octanol–water partition coefficient (Wildman–Crippen LogP) is 1.01. The fourth-order valence-electron chi connectivity index (χ4n) is 1.80. The summed E-state index contributed by atoms with van der Waals surface area (Å²) in [5, 5.41) is 4.01. The van der Waals surface area contributed by atoms with Gasteiger partial charge in [-0.15, -0.1) is 0 Å². The first kappa shape index (κ1) is 15.3. The van der Waals surface area contributed by atoms with Gasteiger partial charge in [-0.05, 0) is 18.2 Å². The third kappa shape index (κ3) is 3.32. The number of methoxy groups -OCH3 is 1. The van der Waals surface area contributed by atoms with E-state index in [0.29, 0.717) is 17.1 Å². The fourth-order valence-corrected chi connectivity index (χ4v) is 1.80. The molecule has 0 atom stereocenters. The molecule has 0 saturated carbocycles. The van der Waals surface area contributed by atoms with Crippen molar-refractivity contribution in [1.82, 2.24) is 10.6 Å². The highest BCUT2D eigenvalue weighted by Gasteiger charge is 2.28. The maximum absolute atomic E-state index is 11.7. The summed E-state index contributed by atoms with van der Waals surface area (Å²) in [5.41, 5.74) is 0.311. The summed E-state index contributed by atoms with van der Waals surface area (Å²) in [7, 11) is 1.51. The molecule has 2 N–H and O–H groups in total. The normalized spacial score (nSPS) is 14.0. The second-order valence-electron chi connectivity index (χ2n) is 4.30. The first-order chi connectivity index (χ1) is 10.5. The number of carbonyl (C=O) groups excluding carboxylic acids is 3. The highest BCUT2D eigenvalue weighted by molar-refractivity contribution is 6.31. The molecule has 0 spiro atoms. The zero-order chi connectivity index (χ0) is 16.1. The highest BCUT2D eigenvalue weighted by atomic mass is 16.5. The van der Waals surface area contributed by atoms with Gasteiger partial charge in [-0.2, -0.15) is 0 Å². The molecule has 1 aliphatic heterocycles. The number of amides is 4. The lowest BCUT2D eigenvalue weighted by atomic mass is 10.1. The molecular formula is C15H14N2O5. The van der Waals surface area contributed by atoms with Crippen LogP contribution in [0.4, 0.5) is 4.79 Å². The monoisotopic (exact) mass is 302 g/mol. The lowest BCUT2D eigenvalue weighted by molar-refractivity contribution is -0.123. The second kappa shape index (κ2) is 6.57. The smallest absolute Gasteiger partial charge is 0.328 e. The number of hydrogen-bond donors (Lipinski definition) is 2. The van der Waals surface area contributed by atoms with Crippen molar-refractivity contribution in [1.29, 1.82) is 0 Å². The molecule has 22 heavy (non-hydrogen) atoms. The van der Waals surface area contributed by atoms with Crippen LogP contribution in [0.5, 0.6) is 11.5 Å². The summed E-state index contributed by atoms with van der Waals surface area (Å²) >= 11 is 0. The molecular weight excluding hydrogens is 288 g/mol. The number of barbiturate groups is 1. The Bertz CT molecular complexity index is 657. The summed E-state index contributed by atoms with van der Waals surface area (Å²) in [6.07, 6.45) is 2.91. The number of ether oxygens (including phenoxy) is 2. The van der Waals surface area contributed by atoms with E-state index in [4.69, 9.17) is 9.47 Å². The maximum Gasteiger partial charge on any atom is 0.328 e. The van der Waals surface area contributed by atoms with Crippen LogP contribution < -0.4 is 20.1 Å². The van der Waals surface area contributed by atoms with Crippen molar-refractivity contribution in [3.8, 4) is 11.5 Å². The Labute approximate surface area is 126 Å². The molecule has 0 aliphatic carbocycles. The average Bonchev–Trinajstić information content (AvgIpc) is 2.49. The number of carbonyl (C=O) groups is 3. The van der Waals surface area contributed by atoms with E-state index < -0.39 is 17.8 Å². The Hall–Kier alpha value is -3.09. The summed E-state index contributed by atoms with van der Waals surface area (Å²) in [6, 6.07) is 4.09. The van der Waals surface area contributed by atoms with Gasteiger partial charge < -0.3 is 9.47 Å². The van der Waals surface area contributed by atoms with Gasteiger partial charge in [0.2, 0.25) is 0 Å². The van der Waals surface area contributed by atoms with E-state index in [1.54, 1.807) is 24.3 Å². The minimum atomic E-state index is -0.843. The van der Waals surface area contributed by atoms with Crippen molar-refractivity contribution >= 4 is 23.9 Å². The maximum atomic E-state index is 11.7. The predicted molar refractivity (Wildman–Crippen MR) is 78.3 cm³/mol. The van der Waals surface area contributed by atoms with E-state index in [2.05, 4.69) is 6.58 Å². The van der Waals surface area contributed by atoms with Crippen LogP contribution in [0.25, 0.3) is 6.08 Å². The number of nitrogens with one attached hydrogen (secondary N) is 2. The van der Waals surface area contributed by atoms with Crippen molar-refractivity contribution in [3.63, 3.8) is 0 Å². The van der Waals surface area contributed by atoms with Gasteiger partial charge in [0.1, 0.15) is 23.7 Å². The van der Waals surface area contributed by atoms with Crippen molar-refractivity contribution in [2.75, 3.05) is 13.7 Å². The molecule has 1 aromatic carbocycles. The first-order valence-electron chi connectivity index (χ1n) is 6.35. The number of hydrogen-bond acceptors (Lipinski definition) is 5. The quantitative estimate of drug-likeness (QED) is 0.481. The van der Waals surface area contributed by atoms with E-state index in [-0.39, 0.29) is 12.2 Å². The largest absolute Gasteiger partial charge is 0.497 e. The molecule has 1 aliphatic rings. The molecule has 1 saturated heterocycles. The van der Waals surface area contributed by atoms with Crippen LogP contribution in [-0.4, -0.2) is 31.6 Å². The van der Waals surface area contributed by atoms with Crippen LogP contribution in [0.3, 0.4) is 0 Å². The van der Waals surface area contributed by atoms with Crippen molar-refractivity contribution < 1.29 is 23.9 Å². The van der Waals surface area contributed by atoms with Crippen molar-refractivity contribution in [2.45, 2.75) is 0 Å². The van der Waals surface area contributed by atoms with Gasteiger partial charge in [0.05, 0.1) is 7.11 Å². The van der Waals surface area contributed by atoms with Crippen LogP contribution in [0, 0.1) is 0 Å². The van der Waals surface area contributed by atoms with E-state index in [0.717, 1.165) is 0 Å². The number of imide groups is 2. The van der Waals surface area contributed by atoms with E-state index in [1.165, 1.54) is 13.2 Å². The van der Waals surface area contributed by atoms with Crippen molar-refractivity contribution in [3.05, 3.63) is 42.0 Å². The topological polar surface area (TPSA) is 93.7 Å². The van der Waals surface area contributed by atoms with Gasteiger partial charge in [0, 0.05) is 11.6 Å². The zero-order valence-electron chi connectivity index (χ0n) is 11.8. The highest BCUT2D eigenvalue weighted by Crippen LogP contribution is 2.27. The summed E-state index contributed by atoms with van der Waals surface area (Å²) in [5.74, 6) is -0.545. The van der Waals surface area contributed by atoms with Gasteiger partial charge in [0.25, 0.3) is 11.8 Å². The third-order valence-corrected chi connectivity index (χ3v) is 2.82. The number of benzene rings is 1. The Morgan fingerprint density at radius 1 is 1.18 bits per heavy atom. The van der Waals surface area contributed by atoms with Gasteiger partial charge in [-0.1, -0.05) is 12.7 Å². The Kier molecular flexibility index (Phi) is 4.57. The molecule has 7 nitrogen and oxygen atoms in total. The molecule has 1 aromatic rings. The molecule has 1 heterocycles. The molecule has 7 heteroatoms. The standard InChI is InChI=1S/C15H14N2O5/c1-3-6-22-12-8-10(21-2)5-4-9(12)7-11-13(18)16-15(20)17-14(11)19/h3-5,7-8H,1,6H2,2H3,(H2,16,17,18,19,20). The van der Waals surface area contributed by atoms with Crippen LogP contribution in [0.2, 0.25) is 0 Å².